The highest BCUT2D eigenvalue weighted by molar-refractivity contribution is 5.88. The van der Waals surface area contributed by atoms with Gasteiger partial charge in [-0.25, -0.2) is 4.79 Å². The zero-order valence-corrected chi connectivity index (χ0v) is 11.3. The number of hydrogen-bond acceptors (Lipinski definition) is 4. The van der Waals surface area contributed by atoms with Gasteiger partial charge in [0.1, 0.15) is 17.1 Å². The van der Waals surface area contributed by atoms with Crippen molar-refractivity contribution in [1.82, 2.24) is 5.32 Å². The van der Waals surface area contributed by atoms with Gasteiger partial charge >= 0.3 is 5.97 Å². The summed E-state index contributed by atoms with van der Waals surface area (Å²) in [7, 11) is 0. The third-order valence-corrected chi connectivity index (χ3v) is 3.43. The van der Waals surface area contributed by atoms with Crippen LogP contribution in [0.2, 0.25) is 0 Å². The topological polar surface area (TPSA) is 71.7 Å². The number of ether oxygens (including phenoxy) is 1. The molecule has 0 bridgehead atoms. The van der Waals surface area contributed by atoms with Crippen molar-refractivity contribution in [2.75, 3.05) is 13.2 Å². The van der Waals surface area contributed by atoms with Crippen molar-refractivity contribution >= 4 is 5.97 Å². The molecule has 0 aliphatic heterocycles. The maximum Gasteiger partial charge on any atom is 0.339 e. The maximum atomic E-state index is 10.9. The lowest BCUT2D eigenvalue weighted by molar-refractivity contribution is 0.0600. The van der Waals surface area contributed by atoms with Gasteiger partial charge in [0.05, 0.1) is 19.3 Å². The number of carboxylic acid groups (broad SMARTS) is 1. The summed E-state index contributed by atoms with van der Waals surface area (Å²) in [6.45, 7) is 3.63. The molecule has 106 valence electrons. The highest BCUT2D eigenvalue weighted by atomic mass is 16.5. The lowest BCUT2D eigenvalue weighted by Crippen LogP contribution is -2.21. The van der Waals surface area contributed by atoms with Crippen LogP contribution < -0.4 is 5.32 Å². The minimum atomic E-state index is -0.947. The first kappa shape index (κ1) is 14.1. The second kappa shape index (κ2) is 6.73. The fourth-order valence-corrected chi connectivity index (χ4v) is 2.41. The van der Waals surface area contributed by atoms with E-state index in [9.17, 15) is 4.79 Å². The lowest BCUT2D eigenvalue weighted by Gasteiger charge is -2.10. The molecule has 0 atom stereocenters. The van der Waals surface area contributed by atoms with Crippen molar-refractivity contribution in [3.05, 3.63) is 23.2 Å². The molecule has 1 aliphatic rings. The monoisotopic (exact) mass is 267 g/mol. The van der Waals surface area contributed by atoms with Crippen LogP contribution >= 0.6 is 0 Å². The summed E-state index contributed by atoms with van der Waals surface area (Å²) in [6, 6.07) is 1.57. The van der Waals surface area contributed by atoms with Crippen molar-refractivity contribution in [2.24, 2.45) is 0 Å². The van der Waals surface area contributed by atoms with Crippen LogP contribution in [-0.4, -0.2) is 30.3 Å². The Morgan fingerprint density at radius 3 is 2.89 bits per heavy atom. The Morgan fingerprint density at radius 1 is 1.53 bits per heavy atom. The second-order valence-corrected chi connectivity index (χ2v) is 4.94. The Balaban J connectivity index is 1.65. The molecule has 5 nitrogen and oxygen atoms in total. The summed E-state index contributed by atoms with van der Waals surface area (Å²) in [5.41, 5.74) is 0.235. The van der Waals surface area contributed by atoms with Crippen LogP contribution in [0.1, 0.15) is 47.6 Å². The van der Waals surface area contributed by atoms with E-state index in [1.807, 2.05) is 0 Å². The Bertz CT molecular complexity index is 421. The smallest absolute Gasteiger partial charge is 0.339 e. The molecule has 2 rings (SSSR count). The van der Waals surface area contributed by atoms with Crippen LogP contribution in [0.3, 0.4) is 0 Å². The van der Waals surface area contributed by atoms with Gasteiger partial charge in [0.2, 0.25) is 0 Å². The van der Waals surface area contributed by atoms with Gasteiger partial charge < -0.3 is 19.6 Å². The number of aromatic carboxylic acids is 1. The highest BCUT2D eigenvalue weighted by Gasteiger charge is 2.15. The van der Waals surface area contributed by atoms with Crippen LogP contribution in [0, 0.1) is 6.92 Å². The van der Waals surface area contributed by atoms with E-state index in [0.717, 1.165) is 6.54 Å². The molecular weight excluding hydrogens is 246 g/mol. The van der Waals surface area contributed by atoms with Crippen LogP contribution in [-0.2, 0) is 11.3 Å². The van der Waals surface area contributed by atoms with E-state index < -0.39 is 5.97 Å². The van der Waals surface area contributed by atoms with Gasteiger partial charge in [-0.1, -0.05) is 12.8 Å². The van der Waals surface area contributed by atoms with E-state index in [4.69, 9.17) is 14.3 Å². The Kier molecular flexibility index (Phi) is 4.99. The number of carboxylic acids is 1. The van der Waals surface area contributed by atoms with E-state index in [1.165, 1.54) is 25.7 Å². The number of hydrogen-bond donors (Lipinski definition) is 2. The van der Waals surface area contributed by atoms with Gasteiger partial charge in [-0.15, -0.1) is 0 Å². The first-order chi connectivity index (χ1) is 9.16. The summed E-state index contributed by atoms with van der Waals surface area (Å²) in [5.74, 6) is 0.152. The van der Waals surface area contributed by atoms with Crippen molar-refractivity contribution < 1.29 is 19.1 Å². The first-order valence-electron chi connectivity index (χ1n) is 6.81. The molecule has 1 aromatic rings. The number of rotatable bonds is 7. The van der Waals surface area contributed by atoms with Gasteiger partial charge in [-0.05, 0) is 25.8 Å². The molecule has 0 amide bonds. The second-order valence-electron chi connectivity index (χ2n) is 4.94. The molecule has 1 aliphatic carbocycles. The first-order valence-corrected chi connectivity index (χ1v) is 6.81. The van der Waals surface area contributed by atoms with E-state index in [0.29, 0.717) is 30.8 Å². The Morgan fingerprint density at radius 2 is 2.26 bits per heavy atom. The third kappa shape index (κ3) is 4.08. The van der Waals surface area contributed by atoms with Crippen LogP contribution in [0.4, 0.5) is 0 Å². The van der Waals surface area contributed by atoms with Crippen LogP contribution in [0.5, 0.6) is 0 Å². The van der Waals surface area contributed by atoms with Gasteiger partial charge in [-0.2, -0.15) is 0 Å². The van der Waals surface area contributed by atoms with Gasteiger partial charge in [0.15, 0.2) is 0 Å². The SMILES string of the molecule is Cc1oc(CNCCOC2CCCC2)cc1C(=O)O. The molecule has 0 saturated heterocycles. The molecule has 2 N–H and O–H groups in total. The minimum absolute atomic E-state index is 0.235. The predicted octanol–water partition coefficient (Wildman–Crippen LogP) is 2.34. The number of furan rings is 1. The fourth-order valence-electron chi connectivity index (χ4n) is 2.41. The maximum absolute atomic E-state index is 10.9. The van der Waals surface area contributed by atoms with Gasteiger partial charge in [0, 0.05) is 6.54 Å². The van der Waals surface area contributed by atoms with Crippen LogP contribution in [0.15, 0.2) is 10.5 Å². The molecule has 0 spiro atoms. The average Bonchev–Trinajstić information content (AvgIpc) is 2.98. The molecule has 5 heteroatoms. The molecule has 1 fully saturated rings. The highest BCUT2D eigenvalue weighted by Crippen LogP contribution is 2.20. The molecule has 0 aromatic carbocycles. The van der Waals surface area contributed by atoms with Crippen molar-refractivity contribution in [2.45, 2.75) is 45.3 Å². The summed E-state index contributed by atoms with van der Waals surface area (Å²) in [5, 5.41) is 12.1. The van der Waals surface area contributed by atoms with Crippen molar-refractivity contribution in [3.8, 4) is 0 Å². The fraction of sp³-hybridized carbons (Fsp3) is 0.643. The quantitative estimate of drug-likeness (QED) is 0.742. The summed E-state index contributed by atoms with van der Waals surface area (Å²) < 4.78 is 11.1. The molecule has 1 saturated carbocycles. The zero-order chi connectivity index (χ0) is 13.7. The molecule has 0 radical (unpaired) electrons. The number of nitrogens with one attached hydrogen (secondary N) is 1. The summed E-state index contributed by atoms with van der Waals surface area (Å²) >= 11 is 0. The van der Waals surface area contributed by atoms with Crippen molar-refractivity contribution in [3.63, 3.8) is 0 Å². The molecular formula is C14H21NO4. The molecule has 0 unspecified atom stereocenters. The predicted molar refractivity (Wildman–Crippen MR) is 70.3 cm³/mol. The average molecular weight is 267 g/mol. The van der Waals surface area contributed by atoms with E-state index in [1.54, 1.807) is 13.0 Å². The van der Waals surface area contributed by atoms with Crippen molar-refractivity contribution in [1.29, 1.82) is 0 Å². The van der Waals surface area contributed by atoms with E-state index in [2.05, 4.69) is 5.32 Å². The zero-order valence-electron chi connectivity index (χ0n) is 11.3. The van der Waals surface area contributed by atoms with Gasteiger partial charge in [-0.3, -0.25) is 0 Å². The standard InChI is InChI=1S/C14H21NO4/c1-10-13(14(16)17)8-12(19-10)9-15-6-7-18-11-4-2-3-5-11/h8,11,15H,2-7,9H2,1H3,(H,16,17). The number of aryl methyl sites for hydroxylation is 1. The van der Waals surface area contributed by atoms with Crippen LogP contribution in [0.25, 0.3) is 0 Å². The summed E-state index contributed by atoms with van der Waals surface area (Å²) in [6.07, 6.45) is 5.36. The third-order valence-electron chi connectivity index (χ3n) is 3.43. The minimum Gasteiger partial charge on any atom is -0.478 e. The van der Waals surface area contributed by atoms with Gasteiger partial charge in [0.25, 0.3) is 0 Å². The lowest BCUT2D eigenvalue weighted by atomic mass is 10.2. The van der Waals surface area contributed by atoms with E-state index in [-0.39, 0.29) is 5.56 Å². The normalized spacial score (nSPS) is 16.1. The summed E-state index contributed by atoms with van der Waals surface area (Å²) in [4.78, 5) is 10.9. The van der Waals surface area contributed by atoms with E-state index >= 15 is 0 Å². The largest absolute Gasteiger partial charge is 0.478 e. The Labute approximate surface area is 112 Å². The molecule has 19 heavy (non-hydrogen) atoms. The molecule has 1 aromatic heterocycles. The Hall–Kier alpha value is -1.33. The number of carbonyl (C=O) groups is 1. The molecule has 1 heterocycles.